The fourth-order valence-electron chi connectivity index (χ4n) is 1.57. The zero-order valence-electron chi connectivity index (χ0n) is 11.3. The van der Waals surface area contributed by atoms with Crippen molar-refractivity contribution in [3.8, 4) is 0 Å². The number of benzene rings is 1. The highest BCUT2D eigenvalue weighted by Crippen LogP contribution is 2.21. The number of hydrogen-bond donors (Lipinski definition) is 2. The van der Waals surface area contributed by atoms with Crippen LogP contribution in [-0.4, -0.2) is 26.0 Å². The Hall–Kier alpha value is -0.860. The maximum absolute atomic E-state index is 13.6. The minimum absolute atomic E-state index is 0.140. The van der Waals surface area contributed by atoms with Crippen molar-refractivity contribution in [2.75, 3.05) is 17.2 Å². The topological polar surface area (TPSA) is 72.2 Å². The number of sulfonamides is 1. The smallest absolute Gasteiger partial charge is 0.243 e. The van der Waals surface area contributed by atoms with Crippen molar-refractivity contribution in [1.82, 2.24) is 4.72 Å². The first-order valence-corrected chi connectivity index (χ1v) is 8.76. The van der Waals surface area contributed by atoms with Gasteiger partial charge in [0.2, 0.25) is 10.0 Å². The van der Waals surface area contributed by atoms with E-state index < -0.39 is 26.6 Å². The average Bonchev–Trinajstić information content (AvgIpc) is 2.33. The molecule has 0 amide bonds. The average molecular weight is 324 g/mol. The van der Waals surface area contributed by atoms with Gasteiger partial charge >= 0.3 is 0 Å². The number of nitrogen functional groups attached to an aromatic ring is 1. The number of nitrogens with two attached hydrogens (primary N) is 1. The molecule has 1 aromatic rings. The van der Waals surface area contributed by atoms with Gasteiger partial charge in [-0.1, -0.05) is 6.92 Å². The van der Waals surface area contributed by atoms with E-state index in [2.05, 4.69) is 4.72 Å². The van der Waals surface area contributed by atoms with E-state index in [1.54, 1.807) is 18.7 Å². The lowest BCUT2D eigenvalue weighted by molar-refractivity contribution is 0.481. The summed E-state index contributed by atoms with van der Waals surface area (Å²) in [5.41, 5.74) is 5.21. The van der Waals surface area contributed by atoms with Gasteiger partial charge in [-0.15, -0.1) is 0 Å². The van der Waals surface area contributed by atoms with Crippen molar-refractivity contribution < 1.29 is 17.2 Å². The first-order valence-electron chi connectivity index (χ1n) is 6.12. The molecule has 0 aliphatic rings. The molecular formula is C12H18F2N2O2S2. The molecule has 3 N–H and O–H groups in total. The van der Waals surface area contributed by atoms with Gasteiger partial charge in [-0.25, -0.2) is 21.9 Å². The van der Waals surface area contributed by atoms with E-state index in [1.165, 1.54) is 0 Å². The predicted molar refractivity (Wildman–Crippen MR) is 78.2 cm³/mol. The third-order valence-corrected chi connectivity index (χ3v) is 5.08. The molecular weight excluding hydrogens is 306 g/mol. The molecule has 0 aromatic heterocycles. The quantitative estimate of drug-likeness (QED) is 0.596. The Morgan fingerprint density at radius 3 is 2.65 bits per heavy atom. The molecule has 8 heteroatoms. The maximum atomic E-state index is 13.6. The molecule has 0 aliphatic heterocycles. The fourth-order valence-corrected chi connectivity index (χ4v) is 3.78. The van der Waals surface area contributed by atoms with Gasteiger partial charge in [-0.2, -0.15) is 11.8 Å². The second-order valence-electron chi connectivity index (χ2n) is 4.32. The van der Waals surface area contributed by atoms with Gasteiger partial charge in [0, 0.05) is 11.7 Å². The minimum Gasteiger partial charge on any atom is -0.399 e. The fraction of sp³-hybridized carbons (Fsp3) is 0.500. The van der Waals surface area contributed by atoms with E-state index in [0.29, 0.717) is 6.42 Å². The number of rotatable bonds is 7. The maximum Gasteiger partial charge on any atom is 0.243 e. The number of thioether (sulfide) groups is 1. The normalized spacial score (nSPS) is 13.4. The summed E-state index contributed by atoms with van der Waals surface area (Å²) in [5.74, 6) is -0.968. The van der Waals surface area contributed by atoms with E-state index in [4.69, 9.17) is 5.73 Å². The van der Waals surface area contributed by atoms with Crippen LogP contribution >= 0.6 is 11.8 Å². The molecule has 0 saturated heterocycles. The van der Waals surface area contributed by atoms with Crippen molar-refractivity contribution in [2.24, 2.45) is 0 Å². The first-order chi connectivity index (χ1) is 9.27. The number of nitrogens with one attached hydrogen (secondary N) is 1. The Morgan fingerprint density at radius 1 is 1.40 bits per heavy atom. The summed E-state index contributed by atoms with van der Waals surface area (Å²) in [6.45, 7) is 3.68. The Balaban J connectivity index is 2.89. The summed E-state index contributed by atoms with van der Waals surface area (Å²) in [4.78, 5) is -0.759. The molecule has 1 aromatic carbocycles. The van der Waals surface area contributed by atoms with Crippen LogP contribution in [0.1, 0.15) is 20.3 Å². The van der Waals surface area contributed by atoms with Crippen LogP contribution in [0.25, 0.3) is 0 Å². The summed E-state index contributed by atoms with van der Waals surface area (Å²) >= 11 is 1.68. The van der Waals surface area contributed by atoms with Crippen molar-refractivity contribution in [3.63, 3.8) is 0 Å². The first kappa shape index (κ1) is 17.2. The van der Waals surface area contributed by atoms with E-state index in [-0.39, 0.29) is 11.7 Å². The molecule has 4 nitrogen and oxygen atoms in total. The molecule has 1 rings (SSSR count). The van der Waals surface area contributed by atoms with Gasteiger partial charge in [0.25, 0.3) is 0 Å². The third-order valence-electron chi connectivity index (χ3n) is 2.56. The van der Waals surface area contributed by atoms with Crippen LogP contribution in [0.5, 0.6) is 0 Å². The standard InChI is InChI=1S/C12H18F2N2O2S2/c1-3-19-5-4-8(2)16-20(17,18)11-7-9(15)6-10(13)12(11)14/h6-8,16H,3-5,15H2,1-2H3. The largest absolute Gasteiger partial charge is 0.399 e. The van der Waals surface area contributed by atoms with Gasteiger partial charge in [0.1, 0.15) is 4.90 Å². The molecule has 0 heterocycles. The highest BCUT2D eigenvalue weighted by molar-refractivity contribution is 7.99. The minimum atomic E-state index is -4.13. The molecule has 0 spiro atoms. The number of anilines is 1. The summed E-state index contributed by atoms with van der Waals surface area (Å²) in [6, 6.07) is 1.28. The van der Waals surface area contributed by atoms with E-state index in [1.807, 2.05) is 6.92 Å². The Labute approximate surface area is 122 Å². The van der Waals surface area contributed by atoms with Crippen LogP contribution in [0.4, 0.5) is 14.5 Å². The molecule has 0 fully saturated rings. The van der Waals surface area contributed by atoms with Crippen LogP contribution in [0.3, 0.4) is 0 Å². The number of halogens is 2. The SMILES string of the molecule is CCSCCC(C)NS(=O)(=O)c1cc(N)cc(F)c1F. The molecule has 1 atom stereocenters. The van der Waals surface area contributed by atoms with E-state index in [9.17, 15) is 17.2 Å². The van der Waals surface area contributed by atoms with Gasteiger partial charge < -0.3 is 5.73 Å². The Kier molecular flexibility index (Phi) is 6.22. The summed E-state index contributed by atoms with van der Waals surface area (Å²) in [7, 11) is -4.13. The van der Waals surface area contributed by atoms with Crippen LogP contribution in [0, 0.1) is 11.6 Å². The van der Waals surface area contributed by atoms with E-state index >= 15 is 0 Å². The lowest BCUT2D eigenvalue weighted by Crippen LogP contribution is -2.33. The Bertz CT molecular complexity index is 565. The van der Waals surface area contributed by atoms with Crippen LogP contribution in [-0.2, 0) is 10.0 Å². The summed E-state index contributed by atoms with van der Waals surface area (Å²) in [6.07, 6.45) is 0.601. The second-order valence-corrected chi connectivity index (χ2v) is 7.40. The molecule has 0 saturated carbocycles. The summed E-state index contributed by atoms with van der Waals surface area (Å²) in [5, 5.41) is 0. The molecule has 0 bridgehead atoms. The molecule has 0 radical (unpaired) electrons. The third kappa shape index (κ3) is 4.60. The van der Waals surface area contributed by atoms with Gasteiger partial charge in [-0.3, -0.25) is 0 Å². The van der Waals surface area contributed by atoms with Gasteiger partial charge in [0.15, 0.2) is 11.6 Å². The lowest BCUT2D eigenvalue weighted by Gasteiger charge is -2.14. The van der Waals surface area contributed by atoms with Crippen molar-refractivity contribution in [3.05, 3.63) is 23.8 Å². The van der Waals surface area contributed by atoms with Crippen molar-refractivity contribution in [1.29, 1.82) is 0 Å². The molecule has 20 heavy (non-hydrogen) atoms. The van der Waals surface area contributed by atoms with Crippen LogP contribution < -0.4 is 10.5 Å². The Morgan fingerprint density at radius 2 is 2.05 bits per heavy atom. The molecule has 114 valence electrons. The van der Waals surface area contributed by atoms with Gasteiger partial charge in [0.05, 0.1) is 0 Å². The predicted octanol–water partition coefficient (Wildman–Crippen LogP) is 2.36. The van der Waals surface area contributed by atoms with Crippen LogP contribution in [0.2, 0.25) is 0 Å². The zero-order chi connectivity index (χ0) is 15.3. The van der Waals surface area contributed by atoms with Crippen molar-refractivity contribution in [2.45, 2.75) is 31.2 Å². The van der Waals surface area contributed by atoms with E-state index in [0.717, 1.165) is 23.6 Å². The zero-order valence-corrected chi connectivity index (χ0v) is 13.0. The highest BCUT2D eigenvalue weighted by Gasteiger charge is 2.24. The van der Waals surface area contributed by atoms with Crippen molar-refractivity contribution >= 4 is 27.5 Å². The molecule has 1 unspecified atom stereocenters. The molecule has 0 aliphatic carbocycles. The highest BCUT2D eigenvalue weighted by atomic mass is 32.2. The second kappa shape index (κ2) is 7.24. The monoisotopic (exact) mass is 324 g/mol. The van der Waals surface area contributed by atoms with Crippen LogP contribution in [0.15, 0.2) is 17.0 Å². The lowest BCUT2D eigenvalue weighted by atomic mass is 10.3. The van der Waals surface area contributed by atoms with Gasteiger partial charge in [-0.05, 0) is 37.0 Å². The number of hydrogen-bond acceptors (Lipinski definition) is 4. The summed E-state index contributed by atoms with van der Waals surface area (Å²) < 4.78 is 53.2.